The molecule has 5 nitrogen and oxygen atoms in total. The molecule has 0 aliphatic heterocycles. The molecule has 0 bridgehead atoms. The summed E-state index contributed by atoms with van der Waals surface area (Å²) in [5, 5.41) is 0. The third-order valence-electron chi connectivity index (χ3n) is 0.435. The average Bonchev–Trinajstić information content (AvgIpc) is 1.68. The highest BCUT2D eigenvalue weighted by Crippen LogP contribution is 1.71. The van der Waals surface area contributed by atoms with Crippen LogP contribution in [0.2, 0.25) is 0 Å². The molecule has 0 spiro atoms. The number of hydrogen-bond acceptors (Lipinski definition) is 5. The van der Waals surface area contributed by atoms with Crippen LogP contribution >= 0.6 is 0 Å². The van der Waals surface area contributed by atoms with Crippen molar-refractivity contribution in [1.29, 1.82) is 0 Å². The molecule has 0 radical (unpaired) electrons. The van der Waals surface area contributed by atoms with Gasteiger partial charge in [-0.1, -0.05) is 0 Å². The van der Waals surface area contributed by atoms with E-state index in [1.807, 2.05) is 0 Å². The normalized spacial score (nSPS) is 14.1. The Morgan fingerprint density at radius 1 is 1.43 bits per heavy atom. The van der Waals surface area contributed by atoms with Gasteiger partial charge in [0.25, 0.3) is 0 Å². The lowest BCUT2D eigenvalue weighted by Crippen LogP contribution is -2.33. The van der Waals surface area contributed by atoms with E-state index in [9.17, 15) is 0 Å². The van der Waals surface area contributed by atoms with Crippen LogP contribution in [-0.2, 0) is 9.68 Å². The topological polar surface area (TPSA) is 96.5 Å². The zero-order valence-electron chi connectivity index (χ0n) is 3.83. The fraction of sp³-hybridized carbons (Fsp3) is 1.00. The first kappa shape index (κ1) is 6.80. The largest absolute Gasteiger partial charge is 0.302 e. The van der Waals surface area contributed by atoms with E-state index in [2.05, 4.69) is 21.5 Å². The van der Waals surface area contributed by atoms with Crippen LogP contribution < -0.4 is 17.5 Å². The van der Waals surface area contributed by atoms with Crippen LogP contribution in [0.25, 0.3) is 0 Å². The number of nitrogens with two attached hydrogens (primary N) is 3. The van der Waals surface area contributed by atoms with Gasteiger partial charge in [-0.3, -0.25) is 4.84 Å². The van der Waals surface area contributed by atoms with Crippen molar-refractivity contribution in [2.24, 2.45) is 17.5 Å². The van der Waals surface area contributed by atoms with Gasteiger partial charge in [0.2, 0.25) is 0 Å². The second-order valence-electron chi connectivity index (χ2n) is 1.01. The fourth-order valence-electron chi connectivity index (χ4n) is 0.134. The van der Waals surface area contributed by atoms with Crippen molar-refractivity contribution in [3.63, 3.8) is 0 Å². The Kier molecular flexibility index (Phi) is 3.86. The van der Waals surface area contributed by atoms with E-state index in [1.54, 1.807) is 0 Å². The zero-order valence-corrected chi connectivity index (χ0v) is 3.83. The monoisotopic (exact) mass is 107 g/mol. The predicted octanol–water partition coefficient (Wildman–Crippen LogP) is -1.95. The van der Waals surface area contributed by atoms with Crippen molar-refractivity contribution < 1.29 is 9.68 Å². The van der Waals surface area contributed by atoms with Gasteiger partial charge < -0.3 is 10.6 Å². The third-order valence-corrected chi connectivity index (χ3v) is 0.435. The summed E-state index contributed by atoms with van der Waals surface area (Å²) in [4.78, 5) is 8.13. The predicted molar refractivity (Wildman–Crippen MR) is 23.4 cm³/mol. The molecule has 5 heteroatoms. The standard InChI is InChI=1S/C2H9N3O2/c3-2(7-5)1-6-4/h2H,1,3-5H2. The number of hydrogen-bond donors (Lipinski definition) is 3. The zero-order chi connectivity index (χ0) is 5.70. The molecule has 6 N–H and O–H groups in total. The molecule has 1 unspecified atom stereocenters. The molecule has 0 aromatic carbocycles. The highest BCUT2D eigenvalue weighted by molar-refractivity contribution is 4.36. The van der Waals surface area contributed by atoms with E-state index in [0.29, 0.717) is 0 Å². The van der Waals surface area contributed by atoms with Gasteiger partial charge in [-0.05, 0) is 0 Å². The smallest absolute Gasteiger partial charge is 0.152 e. The van der Waals surface area contributed by atoms with Gasteiger partial charge in [-0.15, -0.1) is 0 Å². The molecule has 0 aromatic heterocycles. The minimum atomic E-state index is -0.620. The quantitative estimate of drug-likeness (QED) is 0.288. The molecule has 0 saturated carbocycles. The Morgan fingerprint density at radius 2 is 2.00 bits per heavy atom. The lowest BCUT2D eigenvalue weighted by atomic mass is 10.7. The lowest BCUT2D eigenvalue weighted by Gasteiger charge is -2.03. The van der Waals surface area contributed by atoms with Gasteiger partial charge in [-0.2, -0.15) is 0 Å². The molecule has 0 aliphatic rings. The van der Waals surface area contributed by atoms with E-state index in [-0.39, 0.29) is 6.61 Å². The van der Waals surface area contributed by atoms with Crippen LogP contribution in [0.15, 0.2) is 0 Å². The molecule has 0 fully saturated rings. The van der Waals surface area contributed by atoms with Gasteiger partial charge in [0.15, 0.2) is 6.23 Å². The van der Waals surface area contributed by atoms with Crippen molar-refractivity contribution in [2.75, 3.05) is 6.61 Å². The second-order valence-corrected chi connectivity index (χ2v) is 1.01. The van der Waals surface area contributed by atoms with E-state index < -0.39 is 6.23 Å². The Morgan fingerprint density at radius 3 is 2.14 bits per heavy atom. The Labute approximate surface area is 41.3 Å². The molecular formula is C2H9N3O2. The summed E-state index contributed by atoms with van der Waals surface area (Å²) in [5.74, 6) is 9.19. The van der Waals surface area contributed by atoms with Crippen molar-refractivity contribution in [3.8, 4) is 0 Å². The van der Waals surface area contributed by atoms with E-state index in [4.69, 9.17) is 5.73 Å². The van der Waals surface area contributed by atoms with Crippen LogP contribution in [0.1, 0.15) is 0 Å². The highest BCUT2D eigenvalue weighted by Gasteiger charge is 1.95. The van der Waals surface area contributed by atoms with E-state index in [0.717, 1.165) is 0 Å². The van der Waals surface area contributed by atoms with Crippen molar-refractivity contribution in [1.82, 2.24) is 0 Å². The molecule has 0 amide bonds. The Bertz CT molecular complexity index is 41.9. The summed E-state index contributed by atoms with van der Waals surface area (Å²) >= 11 is 0. The van der Waals surface area contributed by atoms with Crippen molar-refractivity contribution in [2.45, 2.75) is 6.23 Å². The van der Waals surface area contributed by atoms with Crippen LogP contribution in [0.4, 0.5) is 0 Å². The number of rotatable bonds is 3. The average molecular weight is 107 g/mol. The first-order valence-electron chi connectivity index (χ1n) is 1.74. The van der Waals surface area contributed by atoms with Gasteiger partial charge in [0.1, 0.15) is 6.61 Å². The summed E-state index contributed by atoms with van der Waals surface area (Å²) in [6.45, 7) is 0.108. The van der Waals surface area contributed by atoms with Gasteiger partial charge in [0, 0.05) is 0 Å². The lowest BCUT2D eigenvalue weighted by molar-refractivity contribution is -0.0148. The van der Waals surface area contributed by atoms with Crippen LogP contribution in [0.5, 0.6) is 0 Å². The van der Waals surface area contributed by atoms with Gasteiger partial charge >= 0.3 is 0 Å². The molecule has 1 atom stereocenters. The first-order chi connectivity index (χ1) is 3.31. The summed E-state index contributed by atoms with van der Waals surface area (Å²) in [6.07, 6.45) is -0.620. The maximum absolute atomic E-state index is 5.03. The minimum absolute atomic E-state index is 0.108. The maximum Gasteiger partial charge on any atom is 0.152 e. The Hall–Kier alpha value is -0.200. The van der Waals surface area contributed by atoms with E-state index >= 15 is 0 Å². The molecule has 7 heavy (non-hydrogen) atoms. The third kappa shape index (κ3) is 3.64. The Balaban J connectivity index is 2.83. The van der Waals surface area contributed by atoms with E-state index in [1.165, 1.54) is 0 Å². The highest BCUT2D eigenvalue weighted by atomic mass is 16.7. The molecular weight excluding hydrogens is 98.0 g/mol. The summed E-state index contributed by atoms with van der Waals surface area (Å²) in [6, 6.07) is 0. The van der Waals surface area contributed by atoms with Crippen LogP contribution in [0.3, 0.4) is 0 Å². The molecule has 44 valence electrons. The molecule has 0 heterocycles. The summed E-state index contributed by atoms with van der Waals surface area (Å²) < 4.78 is 0. The summed E-state index contributed by atoms with van der Waals surface area (Å²) in [5.41, 5.74) is 5.03. The van der Waals surface area contributed by atoms with Gasteiger partial charge in [-0.25, -0.2) is 11.8 Å². The van der Waals surface area contributed by atoms with Crippen molar-refractivity contribution in [3.05, 3.63) is 0 Å². The maximum atomic E-state index is 5.03. The SMILES string of the molecule is NOCC(N)ON. The minimum Gasteiger partial charge on any atom is -0.302 e. The van der Waals surface area contributed by atoms with Gasteiger partial charge in [0.05, 0.1) is 0 Å². The first-order valence-corrected chi connectivity index (χ1v) is 1.74. The molecule has 0 aromatic rings. The molecule has 0 saturated heterocycles. The summed E-state index contributed by atoms with van der Waals surface area (Å²) in [7, 11) is 0. The van der Waals surface area contributed by atoms with Crippen LogP contribution in [0, 0.1) is 0 Å². The molecule has 0 rings (SSSR count). The van der Waals surface area contributed by atoms with Crippen LogP contribution in [-0.4, -0.2) is 12.8 Å². The molecule has 0 aliphatic carbocycles. The fourth-order valence-corrected chi connectivity index (χ4v) is 0.134. The second kappa shape index (κ2) is 3.97. The van der Waals surface area contributed by atoms with Crippen molar-refractivity contribution >= 4 is 0 Å².